The number of nitrogens with one attached hydrogen (secondary N) is 2. The highest BCUT2D eigenvalue weighted by molar-refractivity contribution is 7.09. The van der Waals surface area contributed by atoms with E-state index in [9.17, 15) is 9.18 Å². The Morgan fingerprint density at radius 1 is 1.09 bits per heavy atom. The van der Waals surface area contributed by atoms with Crippen molar-refractivity contribution < 1.29 is 9.18 Å². The standard InChI is InChI=1S/C23H27FN6OS/c1-17-4-2-3-5-20(17)26-22(31)25-10-11-29-12-14-30(15-13-29)23-27-21(28-32-23)16-18-6-8-19(24)9-7-18/h2-9H,10-16H2,1H3,(H2,25,26,31). The fourth-order valence-corrected chi connectivity index (χ4v) is 4.34. The Kier molecular flexibility index (Phi) is 7.28. The second-order valence-electron chi connectivity index (χ2n) is 7.82. The monoisotopic (exact) mass is 454 g/mol. The van der Waals surface area contributed by atoms with E-state index in [1.807, 2.05) is 31.2 Å². The van der Waals surface area contributed by atoms with Gasteiger partial charge < -0.3 is 15.5 Å². The van der Waals surface area contributed by atoms with Gasteiger partial charge in [-0.05, 0) is 36.2 Å². The Hall–Kier alpha value is -3.04. The van der Waals surface area contributed by atoms with Crippen molar-refractivity contribution in [2.75, 3.05) is 49.5 Å². The molecule has 3 aromatic rings. The molecule has 1 aliphatic rings. The molecule has 0 saturated carbocycles. The molecule has 2 heterocycles. The molecule has 1 aromatic heterocycles. The number of aromatic nitrogens is 2. The topological polar surface area (TPSA) is 73.4 Å². The third-order valence-electron chi connectivity index (χ3n) is 5.48. The van der Waals surface area contributed by atoms with Gasteiger partial charge in [0.25, 0.3) is 0 Å². The second kappa shape index (κ2) is 10.5. The second-order valence-corrected chi connectivity index (χ2v) is 8.55. The fraction of sp³-hybridized carbons (Fsp3) is 0.348. The molecule has 0 unspecified atom stereocenters. The summed E-state index contributed by atoms with van der Waals surface area (Å²) in [5.74, 6) is 0.531. The van der Waals surface area contributed by atoms with Crippen molar-refractivity contribution in [3.8, 4) is 0 Å². The summed E-state index contributed by atoms with van der Waals surface area (Å²) >= 11 is 1.41. The van der Waals surface area contributed by atoms with Crippen molar-refractivity contribution in [1.29, 1.82) is 0 Å². The number of urea groups is 1. The molecule has 1 fully saturated rings. The molecule has 7 nitrogen and oxygen atoms in total. The molecule has 1 saturated heterocycles. The smallest absolute Gasteiger partial charge is 0.319 e. The maximum atomic E-state index is 13.1. The molecule has 0 spiro atoms. The van der Waals surface area contributed by atoms with E-state index in [2.05, 4.69) is 29.8 Å². The predicted molar refractivity (Wildman–Crippen MR) is 126 cm³/mol. The highest BCUT2D eigenvalue weighted by Crippen LogP contribution is 2.20. The van der Waals surface area contributed by atoms with Crippen molar-refractivity contribution in [2.24, 2.45) is 0 Å². The molecule has 32 heavy (non-hydrogen) atoms. The van der Waals surface area contributed by atoms with Crippen LogP contribution < -0.4 is 15.5 Å². The Balaban J connectivity index is 1.18. The maximum absolute atomic E-state index is 13.1. The number of benzene rings is 2. The van der Waals surface area contributed by atoms with E-state index in [0.29, 0.717) is 13.0 Å². The lowest BCUT2D eigenvalue weighted by Gasteiger charge is -2.34. The number of hydrogen-bond acceptors (Lipinski definition) is 6. The summed E-state index contributed by atoms with van der Waals surface area (Å²) < 4.78 is 17.5. The number of halogens is 1. The number of para-hydroxylation sites is 1. The summed E-state index contributed by atoms with van der Waals surface area (Å²) in [5.41, 5.74) is 2.87. The van der Waals surface area contributed by atoms with Gasteiger partial charge >= 0.3 is 6.03 Å². The first-order valence-electron chi connectivity index (χ1n) is 10.7. The van der Waals surface area contributed by atoms with Crippen LogP contribution in [0.3, 0.4) is 0 Å². The van der Waals surface area contributed by atoms with Gasteiger partial charge in [0.2, 0.25) is 5.13 Å². The number of amides is 2. The van der Waals surface area contributed by atoms with Crippen molar-refractivity contribution in [2.45, 2.75) is 13.3 Å². The first kappa shape index (κ1) is 22.2. The predicted octanol–water partition coefficient (Wildman–Crippen LogP) is 3.52. The Labute approximate surface area is 191 Å². The molecule has 0 radical (unpaired) electrons. The van der Waals surface area contributed by atoms with Gasteiger partial charge in [-0.2, -0.15) is 4.37 Å². The molecule has 2 aromatic carbocycles. The Morgan fingerprint density at radius 2 is 1.84 bits per heavy atom. The van der Waals surface area contributed by atoms with Crippen LogP contribution in [0.2, 0.25) is 0 Å². The molecular weight excluding hydrogens is 427 g/mol. The third kappa shape index (κ3) is 6.02. The van der Waals surface area contributed by atoms with Crippen LogP contribution in [0, 0.1) is 12.7 Å². The first-order chi connectivity index (χ1) is 15.6. The number of piperazine rings is 1. The van der Waals surface area contributed by atoms with Gasteiger partial charge in [-0.3, -0.25) is 4.90 Å². The van der Waals surface area contributed by atoms with Crippen molar-refractivity contribution in [1.82, 2.24) is 19.6 Å². The summed E-state index contributed by atoms with van der Waals surface area (Å²) in [7, 11) is 0. The van der Waals surface area contributed by atoms with Crippen LogP contribution in [0.5, 0.6) is 0 Å². The minimum absolute atomic E-state index is 0.180. The van der Waals surface area contributed by atoms with Crippen molar-refractivity contribution in [3.05, 3.63) is 71.3 Å². The summed E-state index contributed by atoms with van der Waals surface area (Å²) in [4.78, 5) is 21.4. The molecule has 2 N–H and O–H groups in total. The molecule has 9 heteroatoms. The van der Waals surface area contributed by atoms with E-state index in [0.717, 1.165) is 60.5 Å². The Morgan fingerprint density at radius 3 is 2.59 bits per heavy atom. The van der Waals surface area contributed by atoms with Crippen molar-refractivity contribution in [3.63, 3.8) is 0 Å². The molecule has 1 aliphatic heterocycles. The lowest BCUT2D eigenvalue weighted by atomic mass is 10.1. The minimum atomic E-state index is -0.235. The zero-order valence-corrected chi connectivity index (χ0v) is 18.9. The lowest BCUT2D eigenvalue weighted by molar-refractivity contribution is 0.240. The van der Waals surface area contributed by atoms with Crippen LogP contribution in [0.15, 0.2) is 48.5 Å². The van der Waals surface area contributed by atoms with Gasteiger partial charge in [-0.15, -0.1) is 0 Å². The molecule has 0 bridgehead atoms. The van der Waals surface area contributed by atoms with Gasteiger partial charge in [0, 0.05) is 62.9 Å². The average molecular weight is 455 g/mol. The van der Waals surface area contributed by atoms with E-state index < -0.39 is 0 Å². The SMILES string of the molecule is Cc1ccccc1NC(=O)NCCN1CCN(c2nc(Cc3ccc(F)cc3)ns2)CC1. The third-order valence-corrected chi connectivity index (χ3v) is 6.30. The van der Waals surface area contributed by atoms with E-state index in [-0.39, 0.29) is 11.8 Å². The zero-order valence-electron chi connectivity index (χ0n) is 18.1. The van der Waals surface area contributed by atoms with Crippen LogP contribution in [0.4, 0.5) is 20.0 Å². The van der Waals surface area contributed by atoms with Crippen LogP contribution in [-0.4, -0.2) is 59.6 Å². The lowest BCUT2D eigenvalue weighted by Crippen LogP contribution is -2.48. The van der Waals surface area contributed by atoms with E-state index in [1.54, 1.807) is 12.1 Å². The van der Waals surface area contributed by atoms with Gasteiger partial charge in [-0.1, -0.05) is 30.3 Å². The largest absolute Gasteiger partial charge is 0.344 e. The van der Waals surface area contributed by atoms with Crippen molar-refractivity contribution >= 4 is 28.4 Å². The number of nitrogens with zero attached hydrogens (tertiary/aromatic N) is 4. The van der Waals surface area contributed by atoms with E-state index >= 15 is 0 Å². The zero-order chi connectivity index (χ0) is 22.3. The highest BCUT2D eigenvalue weighted by Gasteiger charge is 2.20. The maximum Gasteiger partial charge on any atom is 0.319 e. The van der Waals surface area contributed by atoms with Crippen LogP contribution in [-0.2, 0) is 6.42 Å². The number of rotatable bonds is 7. The fourth-order valence-electron chi connectivity index (χ4n) is 3.60. The summed E-state index contributed by atoms with van der Waals surface area (Å²) in [6, 6.07) is 14.0. The normalized spacial score (nSPS) is 14.4. The molecular formula is C23H27FN6OS. The highest BCUT2D eigenvalue weighted by atomic mass is 32.1. The number of carbonyl (C=O) groups is 1. The summed E-state index contributed by atoms with van der Waals surface area (Å²) in [6.45, 7) is 6.95. The van der Waals surface area contributed by atoms with Gasteiger partial charge in [0.1, 0.15) is 11.6 Å². The molecule has 0 aliphatic carbocycles. The quantitative estimate of drug-likeness (QED) is 0.572. The first-order valence-corrected chi connectivity index (χ1v) is 11.5. The van der Waals surface area contributed by atoms with Gasteiger partial charge in [-0.25, -0.2) is 14.2 Å². The van der Waals surface area contributed by atoms with Gasteiger partial charge in [0.15, 0.2) is 0 Å². The minimum Gasteiger partial charge on any atom is -0.344 e. The summed E-state index contributed by atoms with van der Waals surface area (Å²) in [5, 5.41) is 6.75. The number of hydrogen-bond donors (Lipinski definition) is 2. The van der Waals surface area contributed by atoms with Crippen LogP contribution >= 0.6 is 11.5 Å². The molecule has 4 rings (SSSR count). The average Bonchev–Trinajstić information content (AvgIpc) is 3.26. The number of carbonyl (C=O) groups excluding carboxylic acids is 1. The van der Waals surface area contributed by atoms with Crippen LogP contribution in [0.1, 0.15) is 17.0 Å². The van der Waals surface area contributed by atoms with Crippen LogP contribution in [0.25, 0.3) is 0 Å². The molecule has 2 amide bonds. The van der Waals surface area contributed by atoms with Gasteiger partial charge in [0.05, 0.1) is 0 Å². The summed E-state index contributed by atoms with van der Waals surface area (Å²) in [6.07, 6.45) is 0.604. The molecule has 0 atom stereocenters. The number of anilines is 2. The van der Waals surface area contributed by atoms with E-state index in [4.69, 9.17) is 0 Å². The Bertz CT molecular complexity index is 1030. The molecule has 168 valence electrons. The van der Waals surface area contributed by atoms with E-state index in [1.165, 1.54) is 23.7 Å². The number of aryl methyl sites for hydroxylation is 1.